The van der Waals surface area contributed by atoms with Crippen LogP contribution in [0.1, 0.15) is 0 Å². The summed E-state index contributed by atoms with van der Waals surface area (Å²) in [6.07, 6.45) is 0. The molecular weight excluding hydrogens is 222 g/mol. The van der Waals surface area contributed by atoms with E-state index in [0.717, 1.165) is 23.5 Å². The second kappa shape index (κ2) is 6.97. The molecule has 0 aliphatic rings. The molecule has 1 atom stereocenters. The van der Waals surface area contributed by atoms with E-state index >= 15 is 0 Å². The highest BCUT2D eigenvalue weighted by Gasteiger charge is 2.15. The van der Waals surface area contributed by atoms with E-state index in [2.05, 4.69) is 0 Å². The zero-order valence-corrected chi connectivity index (χ0v) is 9.86. The highest BCUT2D eigenvalue weighted by Crippen LogP contribution is 2.17. The van der Waals surface area contributed by atoms with Gasteiger partial charge in [-0.15, -0.1) is 0 Å². The monoisotopic (exact) mass is 237 g/mol. The average Bonchev–Trinajstić information content (AvgIpc) is 1.97. The third kappa shape index (κ3) is 8.21. The first-order valence-electron chi connectivity index (χ1n) is 3.95. The minimum Gasteiger partial charge on any atom is -0.361 e. The van der Waals surface area contributed by atoms with Crippen molar-refractivity contribution in [2.24, 2.45) is 11.5 Å². The Labute approximate surface area is 91.9 Å². The number of hydrogen-bond acceptors (Lipinski definition) is 5. The van der Waals surface area contributed by atoms with Crippen LogP contribution >= 0.6 is 23.5 Å². The summed E-state index contributed by atoms with van der Waals surface area (Å²) in [5, 5.41) is -0.860. The summed E-state index contributed by atoms with van der Waals surface area (Å²) < 4.78 is 0. The van der Waals surface area contributed by atoms with Gasteiger partial charge in [0.2, 0.25) is 0 Å². The number of rotatable bonds is 5. The third-order valence-electron chi connectivity index (χ3n) is 1.26. The normalized spacial score (nSPS) is 12.8. The van der Waals surface area contributed by atoms with Gasteiger partial charge in [-0.25, -0.2) is 0 Å². The second-order valence-corrected chi connectivity index (χ2v) is 5.28. The smallest absolute Gasteiger partial charge is 0.276 e. The van der Waals surface area contributed by atoms with Crippen molar-refractivity contribution in [3.63, 3.8) is 0 Å². The molecule has 4 N–H and O–H groups in total. The zero-order valence-electron chi connectivity index (χ0n) is 8.23. The van der Waals surface area contributed by atoms with E-state index in [1.54, 1.807) is 0 Å². The van der Waals surface area contributed by atoms with Crippen LogP contribution in [0, 0.1) is 0 Å². The molecule has 0 aromatic rings. The zero-order chi connectivity index (χ0) is 11.1. The summed E-state index contributed by atoms with van der Waals surface area (Å²) in [7, 11) is 3.78. The van der Waals surface area contributed by atoms with Gasteiger partial charge in [-0.05, 0) is 14.1 Å². The predicted octanol–water partition coefficient (Wildman–Crippen LogP) is 0.540. The SMILES string of the molecule is CN(C)CC(CSC(N)=O)SC(N)=O. The van der Waals surface area contributed by atoms with Gasteiger partial charge in [0.05, 0.1) is 0 Å². The molecule has 0 fully saturated rings. The minimum absolute atomic E-state index is 0.000000000000000444. The maximum atomic E-state index is 10.7. The lowest BCUT2D eigenvalue weighted by atomic mass is 10.4. The van der Waals surface area contributed by atoms with Gasteiger partial charge < -0.3 is 16.4 Å². The Hall–Kier alpha value is -0.400. The number of carbonyl (C=O) groups excluding carboxylic acids is 2. The number of nitrogens with zero attached hydrogens (tertiary/aromatic N) is 1. The van der Waals surface area contributed by atoms with Crippen LogP contribution in [0.3, 0.4) is 0 Å². The van der Waals surface area contributed by atoms with Crippen molar-refractivity contribution in [1.29, 1.82) is 0 Å². The molecule has 0 heterocycles. The van der Waals surface area contributed by atoms with Crippen LogP contribution in [0.5, 0.6) is 0 Å². The molecule has 0 aromatic carbocycles. The molecule has 7 heteroatoms. The first kappa shape index (κ1) is 13.6. The van der Waals surface area contributed by atoms with E-state index < -0.39 is 10.5 Å². The molecule has 0 aliphatic carbocycles. The second-order valence-electron chi connectivity index (χ2n) is 2.95. The van der Waals surface area contributed by atoms with Crippen LogP contribution in [0.2, 0.25) is 0 Å². The molecule has 0 bridgehead atoms. The molecule has 0 radical (unpaired) electrons. The molecular formula is C7H15N3O2S2. The van der Waals surface area contributed by atoms with E-state index in [-0.39, 0.29) is 5.25 Å². The average molecular weight is 237 g/mol. The van der Waals surface area contributed by atoms with Gasteiger partial charge in [0, 0.05) is 17.5 Å². The number of primary amides is 2. The Morgan fingerprint density at radius 2 is 1.86 bits per heavy atom. The molecule has 0 rings (SSSR count). The molecule has 0 aliphatic heterocycles. The fraction of sp³-hybridized carbons (Fsp3) is 0.714. The van der Waals surface area contributed by atoms with Gasteiger partial charge in [0.1, 0.15) is 0 Å². The lowest BCUT2D eigenvalue weighted by molar-refractivity contribution is 0.266. The van der Waals surface area contributed by atoms with E-state index in [1.165, 1.54) is 0 Å². The Bertz CT molecular complexity index is 211. The number of thioether (sulfide) groups is 2. The number of nitrogens with two attached hydrogens (primary N) is 2. The van der Waals surface area contributed by atoms with Crippen LogP contribution in [0.25, 0.3) is 0 Å². The first-order valence-corrected chi connectivity index (χ1v) is 5.81. The molecule has 0 aromatic heterocycles. The van der Waals surface area contributed by atoms with Gasteiger partial charge in [0.25, 0.3) is 10.5 Å². The van der Waals surface area contributed by atoms with Crippen LogP contribution < -0.4 is 11.5 Å². The highest BCUT2D eigenvalue weighted by molar-refractivity contribution is 8.17. The summed E-state index contributed by atoms with van der Waals surface area (Å²) in [6, 6.07) is 0. The molecule has 0 saturated carbocycles. The van der Waals surface area contributed by atoms with Crippen molar-refractivity contribution < 1.29 is 9.59 Å². The number of carbonyl (C=O) groups is 2. The van der Waals surface area contributed by atoms with E-state index in [9.17, 15) is 9.59 Å². The standard InChI is InChI=1S/C7H15N3O2S2/c1-10(2)3-5(14-7(9)12)4-13-6(8)11/h5H,3-4H2,1-2H3,(H2,8,11)(H2,9,12). The number of amides is 2. The van der Waals surface area contributed by atoms with Crippen LogP contribution in [0.15, 0.2) is 0 Å². The Morgan fingerprint density at radius 1 is 1.29 bits per heavy atom. The number of hydrogen-bond donors (Lipinski definition) is 2. The summed E-state index contributed by atoms with van der Waals surface area (Å²) in [5.41, 5.74) is 10.0. The van der Waals surface area contributed by atoms with Crippen LogP contribution in [-0.4, -0.2) is 47.0 Å². The van der Waals surface area contributed by atoms with Crippen molar-refractivity contribution in [3.05, 3.63) is 0 Å². The van der Waals surface area contributed by atoms with Crippen LogP contribution in [-0.2, 0) is 0 Å². The Balaban J connectivity index is 3.96. The minimum atomic E-state index is -0.432. The summed E-state index contributed by atoms with van der Waals surface area (Å²) in [5.74, 6) is 0.501. The van der Waals surface area contributed by atoms with Crippen molar-refractivity contribution in [1.82, 2.24) is 4.90 Å². The molecule has 1 unspecified atom stereocenters. The quantitative estimate of drug-likeness (QED) is 0.728. The predicted molar refractivity (Wildman–Crippen MR) is 61.6 cm³/mol. The fourth-order valence-electron chi connectivity index (χ4n) is 0.871. The third-order valence-corrected chi connectivity index (χ3v) is 3.21. The van der Waals surface area contributed by atoms with E-state index in [0.29, 0.717) is 12.3 Å². The van der Waals surface area contributed by atoms with Gasteiger partial charge in [-0.3, -0.25) is 9.59 Å². The topological polar surface area (TPSA) is 89.4 Å². The molecule has 82 valence electrons. The van der Waals surface area contributed by atoms with Crippen molar-refractivity contribution >= 4 is 34.0 Å². The molecule has 5 nitrogen and oxygen atoms in total. The maximum Gasteiger partial charge on any atom is 0.276 e. The van der Waals surface area contributed by atoms with E-state index in [4.69, 9.17) is 11.5 Å². The fourth-order valence-corrected chi connectivity index (χ4v) is 2.50. The lowest BCUT2D eigenvalue weighted by Crippen LogP contribution is -2.28. The molecule has 2 amide bonds. The van der Waals surface area contributed by atoms with Gasteiger partial charge in [0.15, 0.2) is 0 Å². The van der Waals surface area contributed by atoms with E-state index in [1.807, 2.05) is 19.0 Å². The maximum absolute atomic E-state index is 10.7. The lowest BCUT2D eigenvalue weighted by Gasteiger charge is -2.17. The largest absolute Gasteiger partial charge is 0.361 e. The highest BCUT2D eigenvalue weighted by atomic mass is 32.2. The first-order chi connectivity index (χ1) is 6.41. The molecule has 0 spiro atoms. The van der Waals surface area contributed by atoms with Gasteiger partial charge in [-0.1, -0.05) is 23.5 Å². The molecule has 0 saturated heterocycles. The van der Waals surface area contributed by atoms with Crippen molar-refractivity contribution in [2.45, 2.75) is 5.25 Å². The van der Waals surface area contributed by atoms with Gasteiger partial charge >= 0.3 is 0 Å². The summed E-state index contributed by atoms with van der Waals surface area (Å²) in [6.45, 7) is 0.688. The van der Waals surface area contributed by atoms with Crippen LogP contribution in [0.4, 0.5) is 9.59 Å². The Morgan fingerprint density at radius 3 is 2.21 bits per heavy atom. The Kier molecular flexibility index (Phi) is 6.77. The van der Waals surface area contributed by atoms with Crippen molar-refractivity contribution in [2.75, 3.05) is 26.4 Å². The summed E-state index contributed by atoms with van der Waals surface area (Å²) in [4.78, 5) is 23.1. The molecule has 14 heavy (non-hydrogen) atoms. The van der Waals surface area contributed by atoms with Gasteiger partial charge in [-0.2, -0.15) is 0 Å². The van der Waals surface area contributed by atoms with Crippen molar-refractivity contribution in [3.8, 4) is 0 Å². The summed E-state index contributed by atoms with van der Waals surface area (Å²) >= 11 is 2.05.